The van der Waals surface area contributed by atoms with Crippen molar-refractivity contribution in [2.24, 2.45) is 0 Å². The van der Waals surface area contributed by atoms with Gasteiger partial charge in [0.1, 0.15) is 16.4 Å². The molecule has 12 heteroatoms. The summed E-state index contributed by atoms with van der Waals surface area (Å²) < 4.78 is 40.1. The second-order valence-electron chi connectivity index (χ2n) is 4.92. The highest BCUT2D eigenvalue weighted by Gasteiger charge is 2.36. The van der Waals surface area contributed by atoms with Crippen LogP contribution in [0.4, 0.5) is 13.2 Å². The van der Waals surface area contributed by atoms with Crippen LogP contribution < -0.4 is 0 Å². The number of hydrogen-bond donors (Lipinski definition) is 2. The standard InChI is InChI=1S/C13H9F3N8S/c1-25-7-2-3-24-9(6-4-17-5-18-6)8(20-12(24)19-7)10-21-11(23-22-10)13(14,15)16/h2-5H,1H3,(H,17,18)(H,21,22,23). The second kappa shape index (κ2) is 5.58. The minimum Gasteiger partial charge on any atom is -0.343 e. The Morgan fingerprint density at radius 2 is 2.04 bits per heavy atom. The van der Waals surface area contributed by atoms with Crippen molar-refractivity contribution >= 4 is 17.5 Å². The number of thioether (sulfide) groups is 1. The molecule has 0 radical (unpaired) electrons. The summed E-state index contributed by atoms with van der Waals surface area (Å²) >= 11 is 1.43. The van der Waals surface area contributed by atoms with Gasteiger partial charge in [0.15, 0.2) is 0 Å². The first-order valence-corrected chi connectivity index (χ1v) is 8.11. The van der Waals surface area contributed by atoms with Gasteiger partial charge in [-0.05, 0) is 12.3 Å². The van der Waals surface area contributed by atoms with E-state index in [9.17, 15) is 13.2 Å². The van der Waals surface area contributed by atoms with Crippen LogP contribution in [0.25, 0.3) is 28.7 Å². The first kappa shape index (κ1) is 15.6. The van der Waals surface area contributed by atoms with Gasteiger partial charge < -0.3 is 4.98 Å². The molecule has 0 saturated carbocycles. The first-order valence-electron chi connectivity index (χ1n) is 6.89. The van der Waals surface area contributed by atoms with E-state index in [4.69, 9.17) is 0 Å². The third-order valence-corrected chi connectivity index (χ3v) is 4.04. The zero-order chi connectivity index (χ0) is 17.6. The lowest BCUT2D eigenvalue weighted by molar-refractivity contribution is -0.144. The van der Waals surface area contributed by atoms with Crippen molar-refractivity contribution in [2.75, 3.05) is 6.26 Å². The van der Waals surface area contributed by atoms with E-state index >= 15 is 0 Å². The molecule has 128 valence electrons. The summed E-state index contributed by atoms with van der Waals surface area (Å²) in [5.41, 5.74) is 1.20. The number of halogens is 3. The quantitative estimate of drug-likeness (QED) is 0.427. The first-order chi connectivity index (χ1) is 12.0. The van der Waals surface area contributed by atoms with Gasteiger partial charge in [-0.1, -0.05) is 0 Å². The maximum atomic E-state index is 12.8. The summed E-state index contributed by atoms with van der Waals surface area (Å²) in [6, 6.07) is 1.78. The van der Waals surface area contributed by atoms with Crippen molar-refractivity contribution in [2.45, 2.75) is 11.2 Å². The fourth-order valence-electron chi connectivity index (χ4n) is 2.32. The highest BCUT2D eigenvalue weighted by Crippen LogP contribution is 2.32. The van der Waals surface area contributed by atoms with E-state index in [1.54, 1.807) is 16.7 Å². The van der Waals surface area contributed by atoms with Crippen LogP contribution in [0.3, 0.4) is 0 Å². The number of alkyl halides is 3. The van der Waals surface area contributed by atoms with Gasteiger partial charge in [0.25, 0.3) is 0 Å². The van der Waals surface area contributed by atoms with Crippen LogP contribution in [0.2, 0.25) is 0 Å². The minimum absolute atomic E-state index is 0.168. The number of aromatic nitrogens is 8. The molecule has 0 aliphatic carbocycles. The molecule has 4 aromatic heterocycles. The highest BCUT2D eigenvalue weighted by molar-refractivity contribution is 7.98. The van der Waals surface area contributed by atoms with Crippen LogP contribution >= 0.6 is 11.8 Å². The van der Waals surface area contributed by atoms with E-state index in [0.29, 0.717) is 17.2 Å². The molecule has 0 aliphatic rings. The Kier molecular flexibility index (Phi) is 3.49. The molecule has 2 N–H and O–H groups in total. The molecule has 0 bridgehead atoms. The van der Waals surface area contributed by atoms with Crippen LogP contribution in [0.15, 0.2) is 29.8 Å². The van der Waals surface area contributed by atoms with Crippen molar-refractivity contribution in [3.63, 3.8) is 0 Å². The van der Waals surface area contributed by atoms with E-state index in [1.165, 1.54) is 24.3 Å². The Balaban J connectivity index is 1.96. The Morgan fingerprint density at radius 1 is 1.20 bits per heavy atom. The Labute approximate surface area is 141 Å². The zero-order valence-electron chi connectivity index (χ0n) is 12.5. The number of H-pyrrole nitrogens is 2. The SMILES string of the molecule is CSc1ccn2c(-c3cnc[nH]3)c(-c3n[nH]c(C(F)(F)F)n3)nc2n1. The fourth-order valence-corrected chi connectivity index (χ4v) is 2.69. The van der Waals surface area contributed by atoms with Crippen molar-refractivity contribution < 1.29 is 13.2 Å². The predicted octanol–water partition coefficient (Wildman–Crippen LogP) is 2.65. The molecule has 4 rings (SSSR count). The third-order valence-electron chi connectivity index (χ3n) is 3.40. The molecule has 0 aromatic carbocycles. The van der Waals surface area contributed by atoms with Gasteiger partial charge in [0.2, 0.25) is 17.4 Å². The van der Waals surface area contributed by atoms with Crippen molar-refractivity contribution in [3.05, 3.63) is 30.6 Å². The van der Waals surface area contributed by atoms with Crippen molar-refractivity contribution in [3.8, 4) is 22.9 Å². The number of nitrogens with one attached hydrogen (secondary N) is 2. The van der Waals surface area contributed by atoms with Gasteiger partial charge in [0.05, 0.1) is 18.2 Å². The number of imidazole rings is 2. The van der Waals surface area contributed by atoms with E-state index in [-0.39, 0.29) is 11.5 Å². The molecule has 0 fully saturated rings. The van der Waals surface area contributed by atoms with E-state index in [2.05, 4.69) is 30.0 Å². The summed E-state index contributed by atoms with van der Waals surface area (Å²) in [5.74, 6) is -1.04. The number of rotatable bonds is 3. The third kappa shape index (κ3) is 2.63. The molecule has 0 spiro atoms. The number of aromatic amines is 2. The highest BCUT2D eigenvalue weighted by atomic mass is 32.2. The molecule has 4 aromatic rings. The summed E-state index contributed by atoms with van der Waals surface area (Å²) in [6.45, 7) is 0. The number of fused-ring (bicyclic) bond motifs is 1. The monoisotopic (exact) mass is 366 g/mol. The Morgan fingerprint density at radius 3 is 2.68 bits per heavy atom. The van der Waals surface area contributed by atoms with E-state index in [0.717, 1.165) is 5.03 Å². The molecule has 25 heavy (non-hydrogen) atoms. The van der Waals surface area contributed by atoms with E-state index in [1.807, 2.05) is 11.4 Å². The lowest BCUT2D eigenvalue weighted by atomic mass is 10.2. The van der Waals surface area contributed by atoms with Gasteiger partial charge in [-0.2, -0.15) is 18.3 Å². The molecular weight excluding hydrogens is 357 g/mol. The smallest absolute Gasteiger partial charge is 0.343 e. The Bertz CT molecular complexity index is 1030. The van der Waals surface area contributed by atoms with Gasteiger partial charge in [0, 0.05) is 6.20 Å². The molecule has 0 amide bonds. The van der Waals surface area contributed by atoms with E-state index < -0.39 is 12.0 Å². The van der Waals surface area contributed by atoms with Crippen molar-refractivity contribution in [1.82, 2.24) is 39.5 Å². The average Bonchev–Trinajstić information content (AvgIpc) is 3.30. The normalized spacial score (nSPS) is 12.2. The van der Waals surface area contributed by atoms with Crippen LogP contribution in [0, 0.1) is 0 Å². The minimum atomic E-state index is -4.62. The number of hydrogen-bond acceptors (Lipinski definition) is 6. The summed E-state index contributed by atoms with van der Waals surface area (Å²) in [6.07, 6.45) is 1.97. The average molecular weight is 366 g/mol. The topological polar surface area (TPSA) is 100 Å². The molecule has 0 aliphatic heterocycles. The zero-order valence-corrected chi connectivity index (χ0v) is 13.4. The van der Waals surface area contributed by atoms with Gasteiger partial charge in [-0.3, -0.25) is 9.50 Å². The van der Waals surface area contributed by atoms with Crippen LogP contribution in [-0.4, -0.2) is 45.8 Å². The summed E-state index contributed by atoms with van der Waals surface area (Å²) in [7, 11) is 0. The lowest BCUT2D eigenvalue weighted by Crippen LogP contribution is -2.07. The van der Waals surface area contributed by atoms with Crippen LogP contribution in [0.5, 0.6) is 0 Å². The van der Waals surface area contributed by atoms with Gasteiger partial charge in [-0.15, -0.1) is 11.8 Å². The molecule has 0 atom stereocenters. The maximum Gasteiger partial charge on any atom is 0.451 e. The predicted molar refractivity (Wildman–Crippen MR) is 82.7 cm³/mol. The second-order valence-corrected chi connectivity index (χ2v) is 5.75. The molecule has 8 nitrogen and oxygen atoms in total. The van der Waals surface area contributed by atoms with Crippen LogP contribution in [0.1, 0.15) is 5.82 Å². The molecule has 0 saturated heterocycles. The maximum absolute atomic E-state index is 12.8. The van der Waals surface area contributed by atoms with Crippen LogP contribution in [-0.2, 0) is 6.18 Å². The molecule has 4 heterocycles. The lowest BCUT2D eigenvalue weighted by Gasteiger charge is -2.01. The Hall–Kier alpha value is -2.89. The number of nitrogens with zero attached hydrogens (tertiary/aromatic N) is 6. The molecule has 0 unspecified atom stereocenters. The largest absolute Gasteiger partial charge is 0.451 e. The fraction of sp³-hybridized carbons (Fsp3) is 0.154. The summed E-state index contributed by atoms with van der Waals surface area (Å²) in [5, 5.41) is 6.29. The molecular formula is C13H9F3N8S. The summed E-state index contributed by atoms with van der Waals surface area (Å²) in [4.78, 5) is 19.1. The van der Waals surface area contributed by atoms with Gasteiger partial charge >= 0.3 is 6.18 Å². The van der Waals surface area contributed by atoms with Gasteiger partial charge in [-0.25, -0.2) is 19.9 Å². The van der Waals surface area contributed by atoms with Crippen molar-refractivity contribution in [1.29, 1.82) is 0 Å².